The third-order valence-corrected chi connectivity index (χ3v) is 3.34. The lowest BCUT2D eigenvalue weighted by Gasteiger charge is -2.26. The molecule has 0 spiro atoms. The molecule has 0 radical (unpaired) electrons. The van der Waals surface area contributed by atoms with Crippen molar-refractivity contribution < 1.29 is 14.7 Å². The van der Waals surface area contributed by atoms with E-state index in [-0.39, 0.29) is 18.0 Å². The summed E-state index contributed by atoms with van der Waals surface area (Å²) < 4.78 is 0.703. The second kappa shape index (κ2) is 7.28. The van der Waals surface area contributed by atoms with Crippen molar-refractivity contribution in [1.29, 1.82) is 0 Å². The quantitative estimate of drug-likeness (QED) is 0.862. The maximum absolute atomic E-state index is 11.9. The number of nitrogens with zero attached hydrogens (tertiary/aromatic N) is 2. The first-order valence-electron chi connectivity index (χ1n) is 6.34. The fraction of sp³-hybridized carbons (Fsp3) is 0.429. The number of carbonyl (C=O) groups is 2. The van der Waals surface area contributed by atoms with Gasteiger partial charge in [-0.3, -0.25) is 4.79 Å². The second-order valence-corrected chi connectivity index (χ2v) is 5.59. The van der Waals surface area contributed by atoms with Crippen molar-refractivity contribution in [2.75, 3.05) is 32.1 Å². The smallest absolute Gasteiger partial charge is 0.337 e. The lowest BCUT2D eigenvalue weighted by molar-refractivity contribution is -0.127. The molecule has 1 rings (SSSR count). The molecule has 0 aliphatic heterocycles. The van der Waals surface area contributed by atoms with Gasteiger partial charge in [0.05, 0.1) is 17.8 Å². The zero-order valence-corrected chi connectivity index (χ0v) is 13.5. The summed E-state index contributed by atoms with van der Waals surface area (Å²) in [6.45, 7) is 2.79. The first-order chi connectivity index (χ1) is 9.36. The molecule has 0 aliphatic rings. The summed E-state index contributed by atoms with van der Waals surface area (Å²) in [5, 5.41) is 9.31. The Morgan fingerprint density at radius 2 is 1.95 bits per heavy atom. The highest BCUT2D eigenvalue weighted by Crippen LogP contribution is 2.25. The molecule has 1 aromatic rings. The first kappa shape index (κ1) is 16.5. The molecule has 0 atom stereocenters. The zero-order valence-electron chi connectivity index (χ0n) is 11.9. The summed E-state index contributed by atoms with van der Waals surface area (Å²) in [6, 6.07) is 5.07. The van der Waals surface area contributed by atoms with Gasteiger partial charge in [-0.05, 0) is 24.6 Å². The largest absolute Gasteiger partial charge is 0.478 e. The van der Waals surface area contributed by atoms with Crippen LogP contribution in [0.3, 0.4) is 0 Å². The Balaban J connectivity index is 3.14. The van der Waals surface area contributed by atoms with Crippen molar-refractivity contribution in [2.45, 2.75) is 13.3 Å². The van der Waals surface area contributed by atoms with E-state index in [1.807, 2.05) is 6.92 Å². The van der Waals surface area contributed by atoms with Gasteiger partial charge < -0.3 is 14.9 Å². The first-order valence-corrected chi connectivity index (χ1v) is 7.14. The van der Waals surface area contributed by atoms with Gasteiger partial charge in [-0.2, -0.15) is 0 Å². The van der Waals surface area contributed by atoms with Crippen molar-refractivity contribution in [1.82, 2.24) is 4.90 Å². The minimum atomic E-state index is -1.00. The van der Waals surface area contributed by atoms with E-state index in [0.717, 1.165) is 6.42 Å². The Kier molecular flexibility index (Phi) is 6.01. The van der Waals surface area contributed by atoms with Gasteiger partial charge in [-0.15, -0.1) is 0 Å². The van der Waals surface area contributed by atoms with Crippen LogP contribution in [-0.4, -0.2) is 49.1 Å². The van der Waals surface area contributed by atoms with Gasteiger partial charge in [-0.1, -0.05) is 22.9 Å². The van der Waals surface area contributed by atoms with Crippen molar-refractivity contribution in [3.8, 4) is 0 Å². The number of carboxylic acid groups (broad SMARTS) is 1. The molecule has 0 bridgehead atoms. The molecule has 0 fully saturated rings. The van der Waals surface area contributed by atoms with Crippen LogP contribution in [0, 0.1) is 0 Å². The van der Waals surface area contributed by atoms with E-state index in [1.165, 1.54) is 4.90 Å². The van der Waals surface area contributed by atoms with Crippen LogP contribution < -0.4 is 4.90 Å². The molecule has 0 saturated carbocycles. The number of halogens is 1. The van der Waals surface area contributed by atoms with E-state index in [4.69, 9.17) is 0 Å². The topological polar surface area (TPSA) is 60.9 Å². The van der Waals surface area contributed by atoms with Crippen LogP contribution in [0.5, 0.6) is 0 Å². The monoisotopic (exact) mass is 342 g/mol. The number of aromatic carboxylic acids is 1. The van der Waals surface area contributed by atoms with Crippen LogP contribution in [-0.2, 0) is 4.79 Å². The highest BCUT2D eigenvalue weighted by Gasteiger charge is 2.19. The minimum Gasteiger partial charge on any atom is -0.478 e. The maximum atomic E-state index is 11.9. The molecule has 110 valence electrons. The summed E-state index contributed by atoms with van der Waals surface area (Å²) in [5.74, 6) is -1.06. The molecule has 6 heteroatoms. The molecule has 0 unspecified atom stereocenters. The Morgan fingerprint density at radius 3 is 2.45 bits per heavy atom. The molecule has 5 nitrogen and oxygen atoms in total. The van der Waals surface area contributed by atoms with Gasteiger partial charge in [-0.25, -0.2) is 4.79 Å². The fourth-order valence-corrected chi connectivity index (χ4v) is 2.18. The number of carbonyl (C=O) groups excluding carboxylic acids is 1. The molecular weight excluding hydrogens is 324 g/mol. The van der Waals surface area contributed by atoms with Crippen molar-refractivity contribution in [3.05, 3.63) is 28.2 Å². The van der Waals surface area contributed by atoms with Gasteiger partial charge in [0.25, 0.3) is 0 Å². The third kappa shape index (κ3) is 4.23. The van der Waals surface area contributed by atoms with E-state index >= 15 is 0 Å². The van der Waals surface area contributed by atoms with E-state index in [2.05, 4.69) is 15.9 Å². The highest BCUT2D eigenvalue weighted by molar-refractivity contribution is 9.10. The Labute approximate surface area is 127 Å². The standard InChI is InChI=1S/C14H19BrN2O3/c1-4-7-17(9-13(18)16(2)3)12-6-5-10(15)8-11(12)14(19)20/h5-6,8H,4,7,9H2,1-3H3,(H,19,20). The number of rotatable bonds is 6. The minimum absolute atomic E-state index is 0.0577. The SMILES string of the molecule is CCCN(CC(=O)N(C)C)c1ccc(Br)cc1C(=O)O. The van der Waals surface area contributed by atoms with Gasteiger partial charge in [0.2, 0.25) is 5.91 Å². The average Bonchev–Trinajstić information content (AvgIpc) is 2.37. The van der Waals surface area contributed by atoms with Crippen molar-refractivity contribution >= 4 is 33.5 Å². The summed E-state index contributed by atoms with van der Waals surface area (Å²) in [4.78, 5) is 26.5. The van der Waals surface area contributed by atoms with E-state index < -0.39 is 5.97 Å². The van der Waals surface area contributed by atoms with Crippen LogP contribution in [0.15, 0.2) is 22.7 Å². The summed E-state index contributed by atoms with van der Waals surface area (Å²) in [7, 11) is 3.37. The molecule has 0 saturated heterocycles. The maximum Gasteiger partial charge on any atom is 0.337 e. The van der Waals surface area contributed by atoms with Crippen LogP contribution in [0.25, 0.3) is 0 Å². The predicted octanol–water partition coefficient (Wildman–Crippen LogP) is 2.45. The lowest BCUT2D eigenvalue weighted by atomic mass is 10.1. The molecule has 1 aromatic carbocycles. The Hall–Kier alpha value is -1.56. The lowest BCUT2D eigenvalue weighted by Crippen LogP contribution is -2.37. The number of likely N-dealkylation sites (N-methyl/N-ethyl adjacent to an activating group) is 1. The summed E-state index contributed by atoms with van der Waals surface area (Å²) in [6.07, 6.45) is 0.829. The Morgan fingerprint density at radius 1 is 1.30 bits per heavy atom. The highest BCUT2D eigenvalue weighted by atomic mass is 79.9. The molecule has 0 aliphatic carbocycles. The number of benzene rings is 1. The molecule has 0 aromatic heterocycles. The number of hydrogen-bond acceptors (Lipinski definition) is 3. The van der Waals surface area contributed by atoms with Crippen LogP contribution in [0.2, 0.25) is 0 Å². The number of hydrogen-bond donors (Lipinski definition) is 1. The summed E-state index contributed by atoms with van der Waals surface area (Å²) in [5.41, 5.74) is 0.761. The average molecular weight is 343 g/mol. The van der Waals surface area contributed by atoms with Crippen LogP contribution in [0.1, 0.15) is 23.7 Å². The van der Waals surface area contributed by atoms with Crippen molar-refractivity contribution in [3.63, 3.8) is 0 Å². The predicted molar refractivity (Wildman–Crippen MR) is 82.3 cm³/mol. The Bertz CT molecular complexity index is 503. The van der Waals surface area contributed by atoms with Crippen LogP contribution >= 0.6 is 15.9 Å². The number of amides is 1. The summed E-state index contributed by atoms with van der Waals surface area (Å²) >= 11 is 3.27. The van der Waals surface area contributed by atoms with Crippen molar-refractivity contribution in [2.24, 2.45) is 0 Å². The molecule has 0 heterocycles. The van der Waals surface area contributed by atoms with E-state index in [9.17, 15) is 14.7 Å². The number of anilines is 1. The van der Waals surface area contributed by atoms with E-state index in [1.54, 1.807) is 37.2 Å². The van der Waals surface area contributed by atoms with Gasteiger partial charge >= 0.3 is 5.97 Å². The normalized spacial score (nSPS) is 10.2. The number of carboxylic acids is 1. The molecule has 1 amide bonds. The molecule has 20 heavy (non-hydrogen) atoms. The van der Waals surface area contributed by atoms with Crippen LogP contribution in [0.4, 0.5) is 5.69 Å². The van der Waals surface area contributed by atoms with E-state index in [0.29, 0.717) is 16.7 Å². The third-order valence-electron chi connectivity index (χ3n) is 2.85. The molecular formula is C14H19BrN2O3. The fourth-order valence-electron chi connectivity index (χ4n) is 1.81. The molecule has 1 N–H and O–H groups in total. The van der Waals surface area contributed by atoms with Gasteiger partial charge in [0.1, 0.15) is 0 Å². The van der Waals surface area contributed by atoms with Gasteiger partial charge in [0, 0.05) is 25.1 Å². The second-order valence-electron chi connectivity index (χ2n) is 4.68. The van der Waals surface area contributed by atoms with Gasteiger partial charge in [0.15, 0.2) is 0 Å². The zero-order chi connectivity index (χ0) is 15.3.